The van der Waals surface area contributed by atoms with E-state index in [0.717, 1.165) is 12.1 Å². The van der Waals surface area contributed by atoms with E-state index in [1.807, 2.05) is 44.3 Å². The Morgan fingerprint density at radius 3 is 2.72 bits per heavy atom. The van der Waals surface area contributed by atoms with Crippen LogP contribution in [0.4, 0.5) is 0 Å². The minimum atomic E-state index is -0.565. The van der Waals surface area contributed by atoms with E-state index in [2.05, 4.69) is 23.3 Å². The summed E-state index contributed by atoms with van der Waals surface area (Å²) in [5.41, 5.74) is 2.35. The van der Waals surface area contributed by atoms with E-state index in [1.165, 1.54) is 10.4 Å². The van der Waals surface area contributed by atoms with Crippen molar-refractivity contribution in [3.8, 4) is 11.5 Å². The highest BCUT2D eigenvalue weighted by atomic mass is 32.1. The summed E-state index contributed by atoms with van der Waals surface area (Å²) in [6.07, 6.45) is 3.41. The maximum atomic E-state index is 10.3. The predicted octanol–water partition coefficient (Wildman–Crippen LogP) is 3.97. The van der Waals surface area contributed by atoms with Gasteiger partial charge < -0.3 is 14.6 Å². The highest BCUT2D eigenvalue weighted by Crippen LogP contribution is 2.28. The SMILES string of the molecule is C/C=C/c1ccc(OCC(O)CN(C)Cc2sccc2C)c(OC)c1. The Morgan fingerprint density at radius 2 is 2.08 bits per heavy atom. The van der Waals surface area contributed by atoms with Crippen molar-refractivity contribution >= 4 is 17.4 Å². The Morgan fingerprint density at radius 1 is 1.28 bits per heavy atom. The molecule has 0 aliphatic carbocycles. The summed E-state index contributed by atoms with van der Waals surface area (Å²) in [5, 5.41) is 12.4. The lowest BCUT2D eigenvalue weighted by atomic mass is 10.2. The van der Waals surface area contributed by atoms with Crippen molar-refractivity contribution in [2.75, 3.05) is 27.3 Å². The molecule has 0 spiro atoms. The smallest absolute Gasteiger partial charge is 0.161 e. The lowest BCUT2D eigenvalue weighted by Gasteiger charge is -2.21. The number of aliphatic hydroxyl groups excluding tert-OH is 1. The number of ether oxygens (including phenoxy) is 2. The van der Waals surface area contributed by atoms with E-state index in [-0.39, 0.29) is 6.61 Å². The Hall–Kier alpha value is -1.82. The number of aliphatic hydroxyl groups is 1. The molecule has 1 unspecified atom stereocenters. The molecule has 136 valence electrons. The number of nitrogens with zero attached hydrogens (tertiary/aromatic N) is 1. The predicted molar refractivity (Wildman–Crippen MR) is 105 cm³/mol. The van der Waals surface area contributed by atoms with Crippen LogP contribution in [-0.2, 0) is 6.54 Å². The number of allylic oxidation sites excluding steroid dienone is 1. The van der Waals surface area contributed by atoms with Crippen molar-refractivity contribution in [1.29, 1.82) is 0 Å². The molecule has 0 saturated heterocycles. The normalized spacial score (nSPS) is 12.7. The fraction of sp³-hybridized carbons (Fsp3) is 0.400. The fourth-order valence-electron chi connectivity index (χ4n) is 2.57. The van der Waals surface area contributed by atoms with Crippen molar-refractivity contribution in [2.24, 2.45) is 0 Å². The van der Waals surface area contributed by atoms with Crippen molar-refractivity contribution in [2.45, 2.75) is 26.5 Å². The molecular formula is C20H27NO3S. The molecule has 1 atom stereocenters. The van der Waals surface area contributed by atoms with Gasteiger partial charge in [-0.2, -0.15) is 0 Å². The molecule has 0 amide bonds. The second kappa shape index (κ2) is 9.61. The highest BCUT2D eigenvalue weighted by molar-refractivity contribution is 7.10. The van der Waals surface area contributed by atoms with Crippen LogP contribution in [0.1, 0.15) is 22.9 Å². The molecule has 4 nitrogen and oxygen atoms in total. The molecule has 2 rings (SSSR count). The zero-order chi connectivity index (χ0) is 18.2. The molecule has 0 saturated carbocycles. The van der Waals surface area contributed by atoms with Crippen LogP contribution in [0.3, 0.4) is 0 Å². The number of aryl methyl sites for hydroxylation is 1. The summed E-state index contributed by atoms with van der Waals surface area (Å²) < 4.78 is 11.1. The quantitative estimate of drug-likeness (QED) is 0.734. The van der Waals surface area contributed by atoms with E-state index in [0.29, 0.717) is 18.0 Å². The molecule has 25 heavy (non-hydrogen) atoms. The number of hydrogen-bond donors (Lipinski definition) is 1. The largest absolute Gasteiger partial charge is 0.493 e. The number of benzene rings is 1. The summed E-state index contributed by atoms with van der Waals surface area (Å²) in [6.45, 7) is 5.70. The first-order valence-electron chi connectivity index (χ1n) is 8.36. The number of thiophene rings is 1. The van der Waals surface area contributed by atoms with E-state index < -0.39 is 6.10 Å². The van der Waals surface area contributed by atoms with E-state index in [1.54, 1.807) is 18.4 Å². The zero-order valence-corrected chi connectivity index (χ0v) is 16.2. The van der Waals surface area contributed by atoms with E-state index >= 15 is 0 Å². The fourth-order valence-corrected chi connectivity index (χ4v) is 3.56. The maximum Gasteiger partial charge on any atom is 0.161 e. The van der Waals surface area contributed by atoms with Crippen LogP contribution in [0.25, 0.3) is 6.08 Å². The minimum absolute atomic E-state index is 0.229. The second-order valence-corrected chi connectivity index (χ2v) is 7.10. The number of rotatable bonds is 9. The molecule has 0 bridgehead atoms. The summed E-state index contributed by atoms with van der Waals surface area (Å²) in [4.78, 5) is 3.44. The zero-order valence-electron chi connectivity index (χ0n) is 15.4. The third kappa shape index (κ3) is 5.88. The summed E-state index contributed by atoms with van der Waals surface area (Å²) in [5.74, 6) is 1.32. The lowest BCUT2D eigenvalue weighted by molar-refractivity contribution is 0.0735. The van der Waals surface area contributed by atoms with Crippen LogP contribution in [0.15, 0.2) is 35.7 Å². The minimum Gasteiger partial charge on any atom is -0.493 e. The molecule has 0 aliphatic rings. The van der Waals surface area contributed by atoms with Gasteiger partial charge in [0.1, 0.15) is 12.7 Å². The van der Waals surface area contributed by atoms with Crippen molar-refractivity contribution in [3.05, 3.63) is 51.7 Å². The van der Waals surface area contributed by atoms with Crippen LogP contribution >= 0.6 is 11.3 Å². The van der Waals surface area contributed by atoms with Gasteiger partial charge in [0.2, 0.25) is 0 Å². The first-order chi connectivity index (χ1) is 12.0. The lowest BCUT2D eigenvalue weighted by Crippen LogP contribution is -2.32. The first kappa shape index (κ1) is 19.5. The van der Waals surface area contributed by atoms with Crippen LogP contribution in [0.5, 0.6) is 11.5 Å². The molecule has 5 heteroatoms. The summed E-state index contributed by atoms with van der Waals surface area (Å²) in [7, 11) is 3.63. The van der Waals surface area contributed by atoms with Crippen LogP contribution in [0.2, 0.25) is 0 Å². The van der Waals surface area contributed by atoms with Gasteiger partial charge in [-0.3, -0.25) is 4.90 Å². The Bertz CT molecular complexity index is 696. The standard InChI is InChI=1S/C20H27NO3S/c1-5-6-16-7-8-18(19(11-16)23-4)24-14-17(22)12-21(3)13-20-15(2)9-10-25-20/h5-11,17,22H,12-14H2,1-4H3/b6-5+. The highest BCUT2D eigenvalue weighted by Gasteiger charge is 2.13. The average molecular weight is 362 g/mol. The third-order valence-corrected chi connectivity index (χ3v) is 4.89. The first-order valence-corrected chi connectivity index (χ1v) is 9.24. The van der Waals surface area contributed by atoms with Crippen LogP contribution in [0, 0.1) is 6.92 Å². The Kier molecular flexibility index (Phi) is 7.50. The second-order valence-electron chi connectivity index (χ2n) is 6.10. The van der Waals surface area contributed by atoms with Crippen LogP contribution < -0.4 is 9.47 Å². The van der Waals surface area contributed by atoms with Gasteiger partial charge in [-0.1, -0.05) is 18.2 Å². The molecule has 1 aromatic carbocycles. The maximum absolute atomic E-state index is 10.3. The Labute approximate surface area is 154 Å². The number of hydrogen-bond acceptors (Lipinski definition) is 5. The van der Waals surface area contributed by atoms with Gasteiger partial charge >= 0.3 is 0 Å². The monoisotopic (exact) mass is 361 g/mol. The van der Waals surface area contributed by atoms with Crippen LogP contribution in [-0.4, -0.2) is 43.4 Å². The van der Waals surface area contributed by atoms with E-state index in [9.17, 15) is 5.11 Å². The van der Waals surface area contributed by atoms with Gasteiger partial charge in [0.15, 0.2) is 11.5 Å². The molecule has 0 fully saturated rings. The van der Waals surface area contributed by atoms with Gasteiger partial charge in [-0.05, 0) is 55.6 Å². The average Bonchev–Trinajstić information content (AvgIpc) is 2.98. The number of methoxy groups -OCH3 is 1. The molecule has 1 N–H and O–H groups in total. The summed E-state index contributed by atoms with van der Waals surface area (Å²) >= 11 is 1.75. The summed E-state index contributed by atoms with van der Waals surface area (Å²) in [6, 6.07) is 7.89. The Balaban J connectivity index is 1.86. The van der Waals surface area contributed by atoms with Gasteiger partial charge in [0, 0.05) is 18.0 Å². The molecule has 1 aromatic heterocycles. The third-order valence-electron chi connectivity index (χ3n) is 3.88. The van der Waals surface area contributed by atoms with E-state index in [4.69, 9.17) is 9.47 Å². The van der Waals surface area contributed by atoms with Crippen molar-refractivity contribution in [3.63, 3.8) is 0 Å². The van der Waals surface area contributed by atoms with Gasteiger partial charge in [0.25, 0.3) is 0 Å². The molecular weight excluding hydrogens is 334 g/mol. The molecule has 1 heterocycles. The molecule has 0 radical (unpaired) electrons. The molecule has 0 aliphatic heterocycles. The van der Waals surface area contributed by atoms with Gasteiger partial charge in [0.05, 0.1) is 7.11 Å². The van der Waals surface area contributed by atoms with Crippen molar-refractivity contribution in [1.82, 2.24) is 4.90 Å². The van der Waals surface area contributed by atoms with Crippen molar-refractivity contribution < 1.29 is 14.6 Å². The number of likely N-dealkylation sites (N-methyl/N-ethyl adjacent to an activating group) is 1. The van der Waals surface area contributed by atoms with Gasteiger partial charge in [-0.15, -0.1) is 11.3 Å². The topological polar surface area (TPSA) is 41.9 Å². The van der Waals surface area contributed by atoms with Gasteiger partial charge in [-0.25, -0.2) is 0 Å². The molecule has 2 aromatic rings.